The van der Waals surface area contributed by atoms with Crippen LogP contribution in [0.2, 0.25) is 0 Å². The number of hydrogen-bond acceptors (Lipinski definition) is 17. The summed E-state index contributed by atoms with van der Waals surface area (Å²) in [6.45, 7) is 16.0. The summed E-state index contributed by atoms with van der Waals surface area (Å²) < 4.78 is 55.0. The number of aliphatic hydroxyl groups is 5. The lowest BCUT2D eigenvalue weighted by atomic mass is 9.80. The lowest BCUT2D eigenvalue weighted by molar-refractivity contribution is -0.342. The number of cyclic esters (lactones) is 1. The minimum atomic E-state index is -1.46. The van der Waals surface area contributed by atoms with Crippen molar-refractivity contribution in [3.63, 3.8) is 0 Å². The molecule has 63 heavy (non-hydrogen) atoms. The Morgan fingerprint density at radius 1 is 0.810 bits per heavy atom. The number of carbonyl (C=O) groups excluding carboxylic acids is 2. The van der Waals surface area contributed by atoms with Crippen LogP contribution in [0.1, 0.15) is 94.4 Å². The lowest BCUT2D eigenvalue weighted by Crippen LogP contribution is -2.65. The van der Waals surface area contributed by atoms with Crippen molar-refractivity contribution in [2.45, 2.75) is 198 Å². The van der Waals surface area contributed by atoms with E-state index >= 15 is 0 Å². The highest BCUT2D eigenvalue weighted by Gasteiger charge is 2.51. The third-order valence-corrected chi connectivity index (χ3v) is 13.5. The minimum absolute atomic E-state index is 0.00398. The van der Waals surface area contributed by atoms with E-state index in [0.717, 1.165) is 5.57 Å². The maximum absolute atomic E-state index is 13.8. The minimum Gasteiger partial charge on any atom is -0.462 e. The Balaban J connectivity index is 1.59. The molecule has 4 rings (SSSR count). The fourth-order valence-corrected chi connectivity index (χ4v) is 9.55. The summed E-state index contributed by atoms with van der Waals surface area (Å²) in [5, 5.41) is 55.8. The van der Waals surface area contributed by atoms with E-state index in [1.54, 1.807) is 58.8 Å². The molecule has 3 fully saturated rings. The highest BCUT2D eigenvalue weighted by molar-refractivity contribution is 5.91. The topological polar surface area (TPSA) is 222 Å². The smallest absolute Gasteiger partial charge is 0.308 e. The summed E-state index contributed by atoms with van der Waals surface area (Å²) in [6.07, 6.45) is -7.12. The molecule has 0 radical (unpaired) electrons. The number of likely N-dealkylation sites (N-methyl/N-ethyl adjacent to an activating group) is 1. The number of carbonyl (C=O) groups is 2. The molecule has 364 valence electrons. The molecule has 4 heterocycles. The van der Waals surface area contributed by atoms with Crippen LogP contribution in [0.3, 0.4) is 0 Å². The van der Waals surface area contributed by atoms with E-state index in [4.69, 9.17) is 42.6 Å². The average molecular weight is 902 g/mol. The standard InChI is InChI=1S/C46H79NO16/c1-14-29-19-24(4)31(48)17-16-23(3)18-30(22-57-45-42(56-13)41(55-12)37(51)26(6)59-45)33(15-2)61-34(50)20-32(49)25(5)39(29)63-44-38(52)36(47(10)11)40(27(7)60-44)62-35-21-46(9,54)43(53)28(8)58-35/h16-18,24-30,32-33,35-45,49,51-54H,14-15,19-22H2,1-13H3/b17-16+,23-18+/t24-,25+,26+,27+,28-,29+,30?,32-,33-,35-,36-,37+,38-,39-,40-,41+,42+,43-,44+,45?,46+/m1/s1. The molecule has 0 aromatic carbocycles. The summed E-state index contributed by atoms with van der Waals surface area (Å²) in [5.41, 5.74) is -0.723. The third-order valence-electron chi connectivity index (χ3n) is 13.5. The van der Waals surface area contributed by atoms with Crippen LogP contribution in [0.5, 0.6) is 0 Å². The normalized spacial score (nSPS) is 46.6. The van der Waals surface area contributed by atoms with Crippen LogP contribution in [0.25, 0.3) is 0 Å². The number of rotatable bonds is 12. The molecule has 0 bridgehead atoms. The predicted molar refractivity (Wildman–Crippen MR) is 230 cm³/mol. The first-order chi connectivity index (χ1) is 29.6. The molecule has 2 unspecified atom stereocenters. The van der Waals surface area contributed by atoms with Gasteiger partial charge in [0.1, 0.15) is 42.7 Å². The van der Waals surface area contributed by atoms with Gasteiger partial charge in [0.15, 0.2) is 24.7 Å². The molecule has 0 aromatic rings. The van der Waals surface area contributed by atoms with Gasteiger partial charge in [0.05, 0.1) is 55.2 Å². The van der Waals surface area contributed by atoms with Gasteiger partial charge in [0.2, 0.25) is 0 Å². The molecule has 0 spiro atoms. The SMILES string of the molecule is CC[C@H]1C[C@@H](C)C(=O)/C=C/C(C)=C/C(COC2O[C@@H](C)[C@H](O)[C@H](OC)[C@@H]2OC)[C@@H](CC)OC(=O)C[C@@H](O)[C@H](C)[C@H]1O[C@@H]1O[C@@H](C)[C@@H](O[C@@H]2C[C@](C)(O)[C@H](O)[C@@H](C)O2)[C@H](N(C)C)[C@H]1O. The van der Waals surface area contributed by atoms with Gasteiger partial charge in [-0.1, -0.05) is 51.8 Å². The molecular weight excluding hydrogens is 822 g/mol. The van der Waals surface area contributed by atoms with E-state index in [1.807, 2.05) is 33.8 Å². The second-order valence-corrected chi connectivity index (χ2v) is 18.7. The maximum atomic E-state index is 13.8. The molecule has 17 nitrogen and oxygen atoms in total. The highest BCUT2D eigenvalue weighted by Crippen LogP contribution is 2.37. The zero-order valence-corrected chi connectivity index (χ0v) is 39.7. The Morgan fingerprint density at radius 2 is 1.46 bits per heavy atom. The lowest BCUT2D eigenvalue weighted by Gasteiger charge is -2.50. The third kappa shape index (κ3) is 13.4. The van der Waals surface area contributed by atoms with Crippen LogP contribution in [0.15, 0.2) is 23.8 Å². The van der Waals surface area contributed by atoms with Crippen LogP contribution in [-0.2, 0) is 52.2 Å². The van der Waals surface area contributed by atoms with Crippen molar-refractivity contribution >= 4 is 11.8 Å². The fraction of sp³-hybridized carbons (Fsp3) is 0.870. The van der Waals surface area contributed by atoms with Crippen molar-refractivity contribution in [1.29, 1.82) is 0 Å². The van der Waals surface area contributed by atoms with Gasteiger partial charge in [-0.3, -0.25) is 9.59 Å². The number of hydrogen-bond donors (Lipinski definition) is 5. The van der Waals surface area contributed by atoms with Gasteiger partial charge in [0, 0.05) is 38.4 Å². The summed E-state index contributed by atoms with van der Waals surface area (Å²) in [4.78, 5) is 29.3. The largest absolute Gasteiger partial charge is 0.462 e. The van der Waals surface area contributed by atoms with E-state index in [0.29, 0.717) is 19.3 Å². The van der Waals surface area contributed by atoms with Crippen molar-refractivity contribution in [3.8, 4) is 0 Å². The van der Waals surface area contributed by atoms with Gasteiger partial charge >= 0.3 is 5.97 Å². The first-order valence-electron chi connectivity index (χ1n) is 22.7. The zero-order chi connectivity index (χ0) is 47.1. The van der Waals surface area contributed by atoms with Crippen LogP contribution >= 0.6 is 0 Å². The predicted octanol–water partition coefficient (Wildman–Crippen LogP) is 2.65. The number of aliphatic hydroxyl groups excluding tert-OH is 4. The Hall–Kier alpha value is -1.94. The number of ketones is 1. The molecule has 0 amide bonds. The molecular formula is C46H79NO16. The van der Waals surface area contributed by atoms with Crippen LogP contribution in [0.4, 0.5) is 0 Å². The van der Waals surface area contributed by atoms with Gasteiger partial charge in [0.25, 0.3) is 0 Å². The number of allylic oxidation sites excluding steroid dienone is 3. The first-order valence-corrected chi connectivity index (χ1v) is 22.7. The molecule has 5 N–H and O–H groups in total. The van der Waals surface area contributed by atoms with Crippen molar-refractivity contribution < 1.29 is 77.8 Å². The molecule has 0 saturated carbocycles. The second-order valence-electron chi connectivity index (χ2n) is 18.7. The zero-order valence-electron chi connectivity index (χ0n) is 39.7. The van der Waals surface area contributed by atoms with E-state index in [1.165, 1.54) is 21.1 Å². The van der Waals surface area contributed by atoms with Crippen LogP contribution in [-0.4, -0.2) is 181 Å². The summed E-state index contributed by atoms with van der Waals surface area (Å²) >= 11 is 0. The summed E-state index contributed by atoms with van der Waals surface area (Å²) in [5.74, 6) is -2.71. The van der Waals surface area contributed by atoms with Crippen LogP contribution < -0.4 is 0 Å². The maximum Gasteiger partial charge on any atom is 0.308 e. The van der Waals surface area contributed by atoms with Gasteiger partial charge in [-0.25, -0.2) is 0 Å². The van der Waals surface area contributed by atoms with Crippen molar-refractivity contribution in [1.82, 2.24) is 4.90 Å². The molecule has 17 heteroatoms. The van der Waals surface area contributed by atoms with E-state index in [-0.39, 0.29) is 31.1 Å². The van der Waals surface area contributed by atoms with Crippen molar-refractivity contribution in [2.24, 2.45) is 23.7 Å². The Morgan fingerprint density at radius 3 is 2.05 bits per heavy atom. The molecule has 0 aromatic heterocycles. The van der Waals surface area contributed by atoms with E-state index in [2.05, 4.69) is 0 Å². The van der Waals surface area contributed by atoms with Crippen molar-refractivity contribution in [3.05, 3.63) is 23.8 Å². The van der Waals surface area contributed by atoms with Gasteiger partial charge < -0.3 is 73.1 Å². The fourth-order valence-electron chi connectivity index (χ4n) is 9.55. The Kier molecular flexibility index (Phi) is 20.2. The molecule has 4 aliphatic rings. The van der Waals surface area contributed by atoms with Gasteiger partial charge in [-0.15, -0.1) is 0 Å². The number of nitrogens with zero attached hydrogens (tertiary/aromatic N) is 1. The summed E-state index contributed by atoms with van der Waals surface area (Å²) in [7, 11) is 6.55. The molecule has 21 atom stereocenters. The second kappa shape index (κ2) is 23.7. The Labute approximate surface area is 374 Å². The molecule has 4 aliphatic heterocycles. The van der Waals surface area contributed by atoms with Gasteiger partial charge in [-0.05, 0) is 73.5 Å². The van der Waals surface area contributed by atoms with Gasteiger partial charge in [-0.2, -0.15) is 0 Å². The van der Waals surface area contributed by atoms with E-state index < -0.39 is 127 Å². The van der Waals surface area contributed by atoms with Crippen LogP contribution in [0, 0.1) is 23.7 Å². The molecule has 3 saturated heterocycles. The number of methoxy groups -OCH3 is 2. The number of esters is 1. The van der Waals surface area contributed by atoms with Crippen molar-refractivity contribution in [2.75, 3.05) is 34.9 Å². The Bertz CT molecular complexity index is 1510. The highest BCUT2D eigenvalue weighted by atomic mass is 16.7. The van der Waals surface area contributed by atoms with E-state index in [9.17, 15) is 35.1 Å². The average Bonchev–Trinajstić information content (AvgIpc) is 3.22. The monoisotopic (exact) mass is 902 g/mol. The molecule has 0 aliphatic carbocycles. The number of ether oxygens (including phenoxy) is 9. The first kappa shape index (κ1) is 53.7. The quantitative estimate of drug-likeness (QED) is 0.178. The summed E-state index contributed by atoms with van der Waals surface area (Å²) in [6, 6.07) is -0.678.